The van der Waals surface area contributed by atoms with E-state index in [9.17, 15) is 8.42 Å². The first-order valence-corrected chi connectivity index (χ1v) is 8.30. The van der Waals surface area contributed by atoms with Crippen LogP contribution in [-0.2, 0) is 10.0 Å². The minimum atomic E-state index is -3.69. The Morgan fingerprint density at radius 3 is 2.14 bits per heavy atom. The van der Waals surface area contributed by atoms with Crippen LogP contribution in [0.5, 0.6) is 0 Å². The molecule has 0 saturated carbocycles. The Labute approximate surface area is 134 Å². The SMILES string of the molecule is CN(C)c1ccc(NS(=O)(=O)c2ccccc2)c(Cl)c1Cl. The number of sulfonamides is 1. The van der Waals surface area contributed by atoms with Crippen molar-refractivity contribution in [1.29, 1.82) is 0 Å². The number of hydrogen-bond donors (Lipinski definition) is 1. The van der Waals surface area contributed by atoms with Crippen molar-refractivity contribution in [3.05, 3.63) is 52.5 Å². The van der Waals surface area contributed by atoms with Crippen molar-refractivity contribution in [3.63, 3.8) is 0 Å². The minimum absolute atomic E-state index is 0.161. The smallest absolute Gasteiger partial charge is 0.261 e. The minimum Gasteiger partial charge on any atom is -0.376 e. The van der Waals surface area contributed by atoms with Gasteiger partial charge in [0.2, 0.25) is 0 Å². The maximum atomic E-state index is 12.3. The predicted molar refractivity (Wildman–Crippen MR) is 88.0 cm³/mol. The van der Waals surface area contributed by atoms with E-state index >= 15 is 0 Å². The molecular formula is C14H14Cl2N2O2S. The molecule has 0 unspecified atom stereocenters. The summed E-state index contributed by atoms with van der Waals surface area (Å²) in [4.78, 5) is 1.96. The second kappa shape index (κ2) is 6.13. The van der Waals surface area contributed by atoms with Crippen LogP contribution in [0.3, 0.4) is 0 Å². The maximum Gasteiger partial charge on any atom is 0.261 e. The van der Waals surface area contributed by atoms with Gasteiger partial charge in [-0.15, -0.1) is 0 Å². The average Bonchev–Trinajstić information content (AvgIpc) is 2.44. The number of anilines is 2. The molecule has 0 aliphatic heterocycles. The van der Waals surface area contributed by atoms with Crippen LogP contribution in [0.15, 0.2) is 47.4 Å². The topological polar surface area (TPSA) is 49.4 Å². The summed E-state index contributed by atoms with van der Waals surface area (Å²) >= 11 is 12.3. The molecular weight excluding hydrogens is 331 g/mol. The van der Waals surface area contributed by atoms with Crippen molar-refractivity contribution in [1.82, 2.24) is 0 Å². The van der Waals surface area contributed by atoms with Crippen LogP contribution in [-0.4, -0.2) is 22.5 Å². The molecule has 0 atom stereocenters. The highest BCUT2D eigenvalue weighted by molar-refractivity contribution is 7.92. The normalized spacial score (nSPS) is 11.2. The lowest BCUT2D eigenvalue weighted by atomic mass is 10.2. The van der Waals surface area contributed by atoms with Gasteiger partial charge in [0.15, 0.2) is 0 Å². The monoisotopic (exact) mass is 344 g/mol. The Morgan fingerprint density at radius 2 is 1.57 bits per heavy atom. The van der Waals surface area contributed by atoms with E-state index in [-0.39, 0.29) is 15.6 Å². The molecule has 0 aliphatic carbocycles. The fourth-order valence-electron chi connectivity index (χ4n) is 1.77. The van der Waals surface area contributed by atoms with Gasteiger partial charge in [-0.25, -0.2) is 8.42 Å². The molecule has 21 heavy (non-hydrogen) atoms. The molecule has 0 aromatic heterocycles. The van der Waals surface area contributed by atoms with Crippen molar-refractivity contribution < 1.29 is 8.42 Å². The molecule has 1 N–H and O–H groups in total. The number of hydrogen-bond acceptors (Lipinski definition) is 3. The van der Waals surface area contributed by atoms with Gasteiger partial charge in [0.05, 0.1) is 26.3 Å². The van der Waals surface area contributed by atoms with E-state index in [1.807, 2.05) is 14.1 Å². The highest BCUT2D eigenvalue weighted by Crippen LogP contribution is 2.38. The Morgan fingerprint density at radius 1 is 0.952 bits per heavy atom. The first kappa shape index (κ1) is 15.9. The lowest BCUT2D eigenvalue weighted by Crippen LogP contribution is -2.14. The lowest BCUT2D eigenvalue weighted by Gasteiger charge is -2.17. The second-order valence-corrected chi connectivity index (χ2v) is 7.01. The summed E-state index contributed by atoms with van der Waals surface area (Å²) in [6.07, 6.45) is 0. The standard InChI is InChI=1S/C14H14Cl2N2O2S/c1-18(2)12-9-8-11(13(15)14(12)16)17-21(19,20)10-6-4-3-5-7-10/h3-9,17H,1-2H3. The lowest BCUT2D eigenvalue weighted by molar-refractivity contribution is 0.601. The number of halogens is 2. The van der Waals surface area contributed by atoms with E-state index in [4.69, 9.17) is 23.2 Å². The summed E-state index contributed by atoms with van der Waals surface area (Å²) in [5.74, 6) is 0. The molecule has 0 saturated heterocycles. The largest absolute Gasteiger partial charge is 0.376 e. The Bertz CT molecular complexity index is 747. The maximum absolute atomic E-state index is 12.3. The molecule has 0 spiro atoms. The fraction of sp³-hybridized carbons (Fsp3) is 0.143. The van der Waals surface area contributed by atoms with Crippen LogP contribution in [0.4, 0.5) is 11.4 Å². The summed E-state index contributed by atoms with van der Waals surface area (Å²) in [5, 5.41) is 0.470. The fourth-order valence-corrected chi connectivity index (χ4v) is 3.46. The van der Waals surface area contributed by atoms with Gasteiger partial charge in [0.1, 0.15) is 0 Å². The van der Waals surface area contributed by atoms with E-state index in [2.05, 4.69) is 4.72 Å². The van der Waals surface area contributed by atoms with Gasteiger partial charge < -0.3 is 4.90 Å². The van der Waals surface area contributed by atoms with Gasteiger partial charge in [-0.05, 0) is 24.3 Å². The molecule has 0 amide bonds. The van der Waals surface area contributed by atoms with Gasteiger partial charge in [-0.3, -0.25) is 4.72 Å². The van der Waals surface area contributed by atoms with Crippen LogP contribution >= 0.6 is 23.2 Å². The summed E-state index contributed by atoms with van der Waals surface area (Å²) in [7, 11) is -0.0429. The van der Waals surface area contributed by atoms with E-state index in [1.54, 1.807) is 35.2 Å². The molecule has 0 bridgehead atoms. The van der Waals surface area contributed by atoms with Crippen LogP contribution < -0.4 is 9.62 Å². The van der Waals surface area contributed by atoms with Gasteiger partial charge >= 0.3 is 0 Å². The highest BCUT2D eigenvalue weighted by atomic mass is 35.5. The van der Waals surface area contributed by atoms with Crippen LogP contribution in [0.25, 0.3) is 0 Å². The zero-order valence-corrected chi connectivity index (χ0v) is 13.8. The average molecular weight is 345 g/mol. The van der Waals surface area contributed by atoms with E-state index in [1.165, 1.54) is 12.1 Å². The molecule has 7 heteroatoms. The summed E-state index contributed by atoms with van der Waals surface area (Å²) in [6, 6.07) is 11.4. The van der Waals surface area contributed by atoms with Gasteiger partial charge in [-0.2, -0.15) is 0 Å². The van der Waals surface area contributed by atoms with Gasteiger partial charge in [0.25, 0.3) is 10.0 Å². The summed E-state index contributed by atoms with van der Waals surface area (Å²) < 4.78 is 27.0. The molecule has 0 aliphatic rings. The number of rotatable bonds is 4. The third kappa shape index (κ3) is 3.43. The van der Waals surface area contributed by atoms with Crippen molar-refractivity contribution in [2.75, 3.05) is 23.7 Å². The second-order valence-electron chi connectivity index (χ2n) is 4.57. The molecule has 2 aromatic carbocycles. The zero-order chi connectivity index (χ0) is 15.6. The summed E-state index contributed by atoms with van der Waals surface area (Å²) in [5.41, 5.74) is 0.959. The number of nitrogens with zero attached hydrogens (tertiary/aromatic N) is 1. The van der Waals surface area contributed by atoms with Gasteiger partial charge in [-0.1, -0.05) is 41.4 Å². The van der Waals surface area contributed by atoms with Crippen molar-refractivity contribution >= 4 is 44.6 Å². The molecule has 2 aromatic rings. The highest BCUT2D eigenvalue weighted by Gasteiger charge is 2.18. The van der Waals surface area contributed by atoms with Crippen molar-refractivity contribution in [3.8, 4) is 0 Å². The van der Waals surface area contributed by atoms with E-state index in [0.717, 1.165) is 0 Å². The number of nitrogens with one attached hydrogen (secondary N) is 1. The van der Waals surface area contributed by atoms with Crippen LogP contribution in [0, 0.1) is 0 Å². The molecule has 2 rings (SSSR count). The van der Waals surface area contributed by atoms with E-state index < -0.39 is 10.0 Å². The Hall–Kier alpha value is -1.43. The molecule has 4 nitrogen and oxygen atoms in total. The molecule has 112 valence electrons. The molecule has 0 radical (unpaired) electrons. The van der Waals surface area contributed by atoms with Crippen molar-refractivity contribution in [2.45, 2.75) is 4.90 Å². The first-order chi connectivity index (χ1) is 9.83. The van der Waals surface area contributed by atoms with E-state index in [0.29, 0.717) is 10.7 Å². The Balaban J connectivity index is 2.39. The zero-order valence-electron chi connectivity index (χ0n) is 11.5. The number of benzene rings is 2. The van der Waals surface area contributed by atoms with Crippen molar-refractivity contribution in [2.24, 2.45) is 0 Å². The predicted octanol–water partition coefficient (Wildman–Crippen LogP) is 3.86. The third-order valence-electron chi connectivity index (χ3n) is 2.84. The Kier molecular flexibility index (Phi) is 4.66. The molecule has 0 heterocycles. The van der Waals surface area contributed by atoms with Gasteiger partial charge in [0, 0.05) is 14.1 Å². The molecule has 0 fully saturated rings. The van der Waals surface area contributed by atoms with Crippen LogP contribution in [0.1, 0.15) is 0 Å². The quantitative estimate of drug-likeness (QED) is 0.915. The summed E-state index contributed by atoms with van der Waals surface area (Å²) in [6.45, 7) is 0. The van der Waals surface area contributed by atoms with Crippen LogP contribution in [0.2, 0.25) is 10.0 Å². The third-order valence-corrected chi connectivity index (χ3v) is 5.09. The first-order valence-electron chi connectivity index (χ1n) is 6.06.